The van der Waals surface area contributed by atoms with Crippen molar-refractivity contribution in [3.05, 3.63) is 54.1 Å². The Hall–Kier alpha value is -4.26. The molecular weight excluding hydrogens is 460 g/mol. The number of aromatic amines is 1. The van der Waals surface area contributed by atoms with Crippen molar-refractivity contribution in [1.29, 1.82) is 0 Å². The molecule has 0 saturated heterocycles. The summed E-state index contributed by atoms with van der Waals surface area (Å²) >= 11 is 0. The fourth-order valence-electron chi connectivity index (χ4n) is 3.21. The molecule has 3 atom stereocenters. The van der Waals surface area contributed by atoms with Gasteiger partial charge in [0.2, 0.25) is 17.7 Å². The van der Waals surface area contributed by atoms with Crippen LogP contribution >= 0.6 is 0 Å². The third kappa shape index (κ3) is 9.25. The predicted octanol–water partition coefficient (Wildman–Crippen LogP) is -1.44. The molecule has 8 N–H and O–H groups in total. The Morgan fingerprint density at radius 3 is 2.14 bits per heavy atom. The highest BCUT2D eigenvalue weighted by molar-refractivity contribution is 5.94. The summed E-state index contributed by atoms with van der Waals surface area (Å²) in [4.78, 5) is 67.0. The smallest absolute Gasteiger partial charge is 0.326 e. The summed E-state index contributed by atoms with van der Waals surface area (Å²) in [5.74, 6) is -4.76. The first-order valence-corrected chi connectivity index (χ1v) is 10.8. The Morgan fingerprint density at radius 2 is 1.57 bits per heavy atom. The molecule has 0 bridgehead atoms. The molecule has 0 saturated carbocycles. The lowest BCUT2D eigenvalue weighted by atomic mass is 10.0. The Labute approximate surface area is 200 Å². The molecule has 0 radical (unpaired) electrons. The fourth-order valence-corrected chi connectivity index (χ4v) is 3.21. The van der Waals surface area contributed by atoms with Gasteiger partial charge in [-0.15, -0.1) is 0 Å². The molecule has 2 rings (SSSR count). The maximum Gasteiger partial charge on any atom is 0.326 e. The van der Waals surface area contributed by atoms with Gasteiger partial charge < -0.3 is 36.9 Å². The zero-order valence-electron chi connectivity index (χ0n) is 18.8. The summed E-state index contributed by atoms with van der Waals surface area (Å²) in [6.45, 7) is -0.366. The van der Waals surface area contributed by atoms with Crippen molar-refractivity contribution in [2.45, 2.75) is 43.8 Å². The van der Waals surface area contributed by atoms with Crippen LogP contribution in [0.4, 0.5) is 0 Å². The summed E-state index contributed by atoms with van der Waals surface area (Å²) in [7, 11) is 0. The van der Waals surface area contributed by atoms with Crippen molar-refractivity contribution >= 4 is 29.7 Å². The first kappa shape index (κ1) is 27.0. The molecule has 0 aliphatic carbocycles. The van der Waals surface area contributed by atoms with E-state index in [-0.39, 0.29) is 25.8 Å². The topological polar surface area (TPSA) is 217 Å². The highest BCUT2D eigenvalue weighted by Gasteiger charge is 2.30. The van der Waals surface area contributed by atoms with Crippen LogP contribution in [0.15, 0.2) is 42.9 Å². The van der Waals surface area contributed by atoms with E-state index < -0.39 is 54.2 Å². The van der Waals surface area contributed by atoms with E-state index in [1.54, 1.807) is 30.3 Å². The SMILES string of the molecule is NCC(=O)NC(Cc1ccccc1)C(=O)NC(CCC(=O)O)C(=O)NC(Cc1cnc[nH]1)C(=O)O. The molecule has 13 nitrogen and oxygen atoms in total. The zero-order valence-corrected chi connectivity index (χ0v) is 18.8. The van der Waals surface area contributed by atoms with Crippen molar-refractivity contribution in [3.63, 3.8) is 0 Å². The largest absolute Gasteiger partial charge is 0.481 e. The van der Waals surface area contributed by atoms with Gasteiger partial charge in [-0.05, 0) is 12.0 Å². The van der Waals surface area contributed by atoms with Crippen LogP contribution in [0, 0.1) is 0 Å². The molecular formula is C22H28N6O7. The monoisotopic (exact) mass is 488 g/mol. The first-order valence-electron chi connectivity index (χ1n) is 10.8. The van der Waals surface area contributed by atoms with E-state index in [4.69, 9.17) is 10.8 Å². The molecule has 35 heavy (non-hydrogen) atoms. The lowest BCUT2D eigenvalue weighted by Gasteiger charge is -2.24. The number of carboxylic acids is 2. The number of nitrogens with zero attached hydrogens (tertiary/aromatic N) is 1. The molecule has 1 aromatic carbocycles. The molecule has 13 heteroatoms. The number of aliphatic carboxylic acids is 2. The quantitative estimate of drug-likeness (QED) is 0.165. The molecule has 0 spiro atoms. The number of hydrogen-bond acceptors (Lipinski definition) is 7. The number of hydrogen-bond donors (Lipinski definition) is 7. The Morgan fingerprint density at radius 1 is 0.914 bits per heavy atom. The number of rotatable bonds is 14. The summed E-state index contributed by atoms with van der Waals surface area (Å²) in [6.07, 6.45) is 1.98. The van der Waals surface area contributed by atoms with Gasteiger partial charge in [-0.3, -0.25) is 19.2 Å². The van der Waals surface area contributed by atoms with Crippen LogP contribution in [-0.2, 0) is 36.8 Å². The fraction of sp³-hybridized carbons (Fsp3) is 0.364. The van der Waals surface area contributed by atoms with Crippen LogP contribution in [-0.4, -0.2) is 74.5 Å². The average Bonchev–Trinajstić information content (AvgIpc) is 3.34. The van der Waals surface area contributed by atoms with Gasteiger partial charge in [-0.2, -0.15) is 0 Å². The minimum atomic E-state index is -1.37. The van der Waals surface area contributed by atoms with Crippen LogP contribution in [0.1, 0.15) is 24.1 Å². The van der Waals surface area contributed by atoms with Crippen molar-refractivity contribution < 1.29 is 34.2 Å². The molecule has 0 fully saturated rings. The number of aromatic nitrogens is 2. The van der Waals surface area contributed by atoms with E-state index in [2.05, 4.69) is 25.9 Å². The van der Waals surface area contributed by atoms with Gasteiger partial charge in [0.05, 0.1) is 12.9 Å². The minimum absolute atomic E-state index is 0.0866. The van der Waals surface area contributed by atoms with Gasteiger partial charge in [0, 0.05) is 31.2 Å². The Bertz CT molecular complexity index is 1010. The summed E-state index contributed by atoms with van der Waals surface area (Å²) in [5, 5.41) is 25.8. The molecule has 188 valence electrons. The normalized spacial score (nSPS) is 13.2. The molecule has 2 aromatic rings. The standard InChI is InChI=1S/C22H28N6O7/c23-10-18(29)26-16(8-13-4-2-1-3-5-13)21(33)27-15(6-7-19(30)31)20(32)28-17(22(34)35)9-14-11-24-12-25-14/h1-5,11-12,15-17H,6-10,23H2,(H,24,25)(H,26,29)(H,27,33)(H,28,32)(H,30,31)(H,34,35). The van der Waals surface area contributed by atoms with E-state index in [1.807, 2.05) is 0 Å². The number of benzene rings is 1. The van der Waals surface area contributed by atoms with Gasteiger partial charge >= 0.3 is 11.9 Å². The summed E-state index contributed by atoms with van der Waals surface area (Å²) in [6, 6.07) is 4.96. The van der Waals surface area contributed by atoms with Crippen LogP contribution in [0.2, 0.25) is 0 Å². The van der Waals surface area contributed by atoms with Crippen LogP contribution in [0.25, 0.3) is 0 Å². The van der Waals surface area contributed by atoms with Crippen LogP contribution in [0.5, 0.6) is 0 Å². The minimum Gasteiger partial charge on any atom is -0.481 e. The van der Waals surface area contributed by atoms with E-state index in [0.717, 1.165) is 5.56 Å². The van der Waals surface area contributed by atoms with E-state index in [9.17, 15) is 29.1 Å². The number of nitrogens with two attached hydrogens (primary N) is 1. The van der Waals surface area contributed by atoms with Gasteiger partial charge in [0.1, 0.15) is 18.1 Å². The van der Waals surface area contributed by atoms with E-state index in [1.165, 1.54) is 12.5 Å². The van der Waals surface area contributed by atoms with Crippen molar-refractivity contribution in [3.8, 4) is 0 Å². The van der Waals surface area contributed by atoms with Crippen molar-refractivity contribution in [2.75, 3.05) is 6.54 Å². The maximum absolute atomic E-state index is 13.0. The zero-order chi connectivity index (χ0) is 25.8. The highest BCUT2D eigenvalue weighted by atomic mass is 16.4. The Balaban J connectivity index is 2.17. The molecule has 3 unspecified atom stereocenters. The van der Waals surface area contributed by atoms with Gasteiger partial charge in [0.25, 0.3) is 0 Å². The lowest BCUT2D eigenvalue weighted by molar-refractivity contribution is -0.143. The molecule has 1 aromatic heterocycles. The maximum atomic E-state index is 13.0. The second-order valence-electron chi connectivity index (χ2n) is 7.69. The summed E-state index contributed by atoms with van der Waals surface area (Å²) in [5.41, 5.74) is 6.53. The average molecular weight is 489 g/mol. The molecule has 3 amide bonds. The Kier molecular flexibility index (Phi) is 10.4. The number of carbonyl (C=O) groups is 5. The van der Waals surface area contributed by atoms with Gasteiger partial charge in [0.15, 0.2) is 0 Å². The predicted molar refractivity (Wildman–Crippen MR) is 122 cm³/mol. The first-order chi connectivity index (χ1) is 16.7. The van der Waals surface area contributed by atoms with Gasteiger partial charge in [-0.25, -0.2) is 9.78 Å². The van der Waals surface area contributed by atoms with E-state index >= 15 is 0 Å². The number of nitrogens with one attached hydrogen (secondary N) is 4. The second-order valence-corrected chi connectivity index (χ2v) is 7.69. The van der Waals surface area contributed by atoms with E-state index in [0.29, 0.717) is 5.69 Å². The van der Waals surface area contributed by atoms with Crippen molar-refractivity contribution in [1.82, 2.24) is 25.9 Å². The summed E-state index contributed by atoms with van der Waals surface area (Å²) < 4.78 is 0. The third-order valence-corrected chi connectivity index (χ3v) is 4.99. The lowest BCUT2D eigenvalue weighted by Crippen LogP contribution is -2.57. The highest BCUT2D eigenvalue weighted by Crippen LogP contribution is 2.07. The number of amides is 3. The number of carboxylic acid groups (broad SMARTS) is 2. The number of H-pyrrole nitrogens is 1. The van der Waals surface area contributed by atoms with Crippen molar-refractivity contribution in [2.24, 2.45) is 5.73 Å². The van der Waals surface area contributed by atoms with Gasteiger partial charge in [-0.1, -0.05) is 30.3 Å². The third-order valence-electron chi connectivity index (χ3n) is 4.99. The number of carbonyl (C=O) groups excluding carboxylic acids is 3. The molecule has 0 aliphatic rings. The molecule has 0 aliphatic heterocycles. The van der Waals surface area contributed by atoms with Crippen LogP contribution in [0.3, 0.4) is 0 Å². The number of imidazole rings is 1. The second kappa shape index (κ2) is 13.4. The molecule has 1 heterocycles. The van der Waals surface area contributed by atoms with Crippen LogP contribution < -0.4 is 21.7 Å².